The van der Waals surface area contributed by atoms with Crippen molar-refractivity contribution in [2.24, 2.45) is 0 Å². The average Bonchev–Trinajstić information content (AvgIpc) is 3.32. The number of sulfonamides is 1. The monoisotopic (exact) mass is 469 g/mol. The number of aromatic nitrogens is 1. The number of amides is 1. The fraction of sp³-hybridized carbons (Fsp3) is 0.333. The van der Waals surface area contributed by atoms with Gasteiger partial charge >= 0.3 is 0 Å². The fourth-order valence-corrected chi connectivity index (χ4v) is 5.53. The number of hydrogen-bond donors (Lipinski definition) is 2. The van der Waals surface area contributed by atoms with Gasteiger partial charge in [-0.15, -0.1) is 0 Å². The molecule has 1 atom stereocenters. The van der Waals surface area contributed by atoms with Gasteiger partial charge < -0.3 is 15.0 Å². The molecule has 1 amide bonds. The minimum absolute atomic E-state index is 0.0132. The van der Waals surface area contributed by atoms with Gasteiger partial charge in [-0.05, 0) is 62.6 Å². The summed E-state index contributed by atoms with van der Waals surface area (Å²) in [6, 6.07) is 11.6. The number of carbonyl (C=O) groups is 1. The quantitative estimate of drug-likeness (QED) is 0.553. The van der Waals surface area contributed by atoms with Crippen molar-refractivity contribution < 1.29 is 17.9 Å². The number of H-pyrrole nitrogens is 1. The van der Waals surface area contributed by atoms with Crippen LogP contribution in [-0.2, 0) is 14.8 Å². The second kappa shape index (κ2) is 9.36. The molecular weight excluding hydrogens is 442 g/mol. The lowest BCUT2D eigenvalue weighted by Gasteiger charge is -2.23. The lowest BCUT2D eigenvalue weighted by atomic mass is 10.1. The molecule has 0 aliphatic carbocycles. The smallest absolute Gasteiger partial charge is 0.264 e. The van der Waals surface area contributed by atoms with Crippen LogP contribution in [0.15, 0.2) is 58.4 Å². The summed E-state index contributed by atoms with van der Waals surface area (Å²) in [5, 5.41) is 2.87. The average molecular weight is 470 g/mol. The summed E-state index contributed by atoms with van der Waals surface area (Å²) in [4.78, 5) is 28.6. The van der Waals surface area contributed by atoms with Gasteiger partial charge in [0.1, 0.15) is 5.56 Å². The normalized spacial score (nSPS) is 16.1. The first kappa shape index (κ1) is 23.0. The number of aromatic amines is 1. The molecule has 2 N–H and O–H groups in total. The molecule has 3 aromatic rings. The number of hydrogen-bond acceptors (Lipinski definition) is 5. The highest BCUT2D eigenvalue weighted by Crippen LogP contribution is 2.25. The molecule has 0 saturated carbocycles. The molecule has 8 nitrogen and oxygen atoms in total. The van der Waals surface area contributed by atoms with Crippen molar-refractivity contribution in [3.63, 3.8) is 0 Å². The standard InChI is InChI=1S/C24H27N3O5S/c1-3-27(17-7-4-6-16(2)12-17)33(30,31)19-9-10-22-20(13-19)23(28)21(15-25-22)24(29)26-14-18-8-5-11-32-18/h4,6-7,9-10,12-13,15,18H,3,5,8,11,14H2,1-2H3,(H,25,28)(H,26,29)/t18-/m1/s1. The van der Waals surface area contributed by atoms with Crippen LogP contribution >= 0.6 is 0 Å². The van der Waals surface area contributed by atoms with Gasteiger partial charge in [-0.1, -0.05) is 12.1 Å². The molecule has 1 aliphatic heterocycles. The molecule has 2 heterocycles. The molecule has 1 fully saturated rings. The van der Waals surface area contributed by atoms with Crippen molar-refractivity contribution in [1.29, 1.82) is 0 Å². The number of benzene rings is 2. The molecular formula is C24H27N3O5S. The molecule has 1 aromatic heterocycles. The number of fused-ring (bicyclic) bond motifs is 1. The highest BCUT2D eigenvalue weighted by molar-refractivity contribution is 7.92. The maximum Gasteiger partial charge on any atom is 0.264 e. The van der Waals surface area contributed by atoms with Gasteiger partial charge in [0, 0.05) is 36.8 Å². The largest absolute Gasteiger partial charge is 0.376 e. The Morgan fingerprint density at radius 2 is 2.06 bits per heavy atom. The van der Waals surface area contributed by atoms with Gasteiger partial charge in [-0.2, -0.15) is 0 Å². The molecule has 0 unspecified atom stereocenters. The third-order valence-electron chi connectivity index (χ3n) is 5.78. The van der Waals surface area contributed by atoms with E-state index in [1.165, 1.54) is 22.6 Å². The summed E-state index contributed by atoms with van der Waals surface area (Å²) in [5.74, 6) is -0.517. The topological polar surface area (TPSA) is 109 Å². The Bertz CT molecular complexity index is 1340. The zero-order valence-electron chi connectivity index (χ0n) is 18.6. The summed E-state index contributed by atoms with van der Waals surface area (Å²) >= 11 is 0. The van der Waals surface area contributed by atoms with Crippen molar-refractivity contribution in [3.05, 3.63) is 70.0 Å². The molecule has 4 rings (SSSR count). The first-order valence-corrected chi connectivity index (χ1v) is 12.4. The van der Waals surface area contributed by atoms with Crippen LogP contribution in [0.25, 0.3) is 10.9 Å². The van der Waals surface area contributed by atoms with E-state index in [0.717, 1.165) is 18.4 Å². The van der Waals surface area contributed by atoms with Crippen molar-refractivity contribution in [3.8, 4) is 0 Å². The molecule has 1 saturated heterocycles. The minimum atomic E-state index is -3.92. The van der Waals surface area contributed by atoms with Crippen LogP contribution in [0.1, 0.15) is 35.7 Å². The first-order valence-electron chi connectivity index (χ1n) is 11.0. The van der Waals surface area contributed by atoms with Crippen LogP contribution in [0.5, 0.6) is 0 Å². The van der Waals surface area contributed by atoms with E-state index in [9.17, 15) is 18.0 Å². The van der Waals surface area contributed by atoms with Crippen LogP contribution in [0.4, 0.5) is 5.69 Å². The number of aryl methyl sites for hydroxylation is 1. The van der Waals surface area contributed by atoms with Gasteiger partial charge in [-0.3, -0.25) is 13.9 Å². The Morgan fingerprint density at radius 1 is 1.24 bits per heavy atom. The van der Waals surface area contributed by atoms with Crippen LogP contribution in [0.3, 0.4) is 0 Å². The number of nitrogens with zero attached hydrogens (tertiary/aromatic N) is 1. The minimum Gasteiger partial charge on any atom is -0.376 e. The van der Waals surface area contributed by atoms with Gasteiger partial charge in [0.2, 0.25) is 5.43 Å². The highest BCUT2D eigenvalue weighted by Gasteiger charge is 2.25. The van der Waals surface area contributed by atoms with E-state index in [1.54, 1.807) is 31.2 Å². The summed E-state index contributed by atoms with van der Waals surface area (Å²) < 4.78 is 33.6. The van der Waals surface area contributed by atoms with Crippen molar-refractivity contribution in [2.45, 2.75) is 37.7 Å². The van der Waals surface area contributed by atoms with Gasteiger partial charge in [0.25, 0.3) is 15.9 Å². The summed E-state index contributed by atoms with van der Waals surface area (Å²) in [5.41, 5.74) is 1.35. The molecule has 0 bridgehead atoms. The second-order valence-electron chi connectivity index (χ2n) is 8.09. The SMILES string of the molecule is CCN(c1cccc(C)c1)S(=O)(=O)c1ccc2[nH]cc(C(=O)NC[C@H]3CCCO3)c(=O)c2c1. The van der Waals surface area contributed by atoms with E-state index >= 15 is 0 Å². The number of rotatable bonds is 7. The third kappa shape index (κ3) is 4.65. The van der Waals surface area contributed by atoms with Crippen LogP contribution in [-0.4, -0.2) is 45.1 Å². The van der Waals surface area contributed by atoms with Crippen LogP contribution in [0, 0.1) is 6.92 Å². The first-order chi connectivity index (χ1) is 15.8. The Kier molecular flexibility index (Phi) is 6.53. The van der Waals surface area contributed by atoms with Gasteiger partial charge in [0.15, 0.2) is 0 Å². The number of anilines is 1. The van der Waals surface area contributed by atoms with E-state index in [2.05, 4.69) is 10.3 Å². The predicted molar refractivity (Wildman–Crippen MR) is 127 cm³/mol. The second-order valence-corrected chi connectivity index (χ2v) is 9.96. The number of ether oxygens (including phenoxy) is 1. The van der Waals surface area contributed by atoms with E-state index < -0.39 is 21.4 Å². The Hall–Kier alpha value is -3.17. The lowest BCUT2D eigenvalue weighted by molar-refractivity contribution is 0.0857. The van der Waals surface area contributed by atoms with E-state index in [-0.39, 0.29) is 28.5 Å². The zero-order valence-corrected chi connectivity index (χ0v) is 19.4. The summed E-state index contributed by atoms with van der Waals surface area (Å²) in [6.07, 6.45) is 3.12. The molecule has 1 aliphatic rings. The Balaban J connectivity index is 1.68. The highest BCUT2D eigenvalue weighted by atomic mass is 32.2. The zero-order chi connectivity index (χ0) is 23.6. The van der Waals surface area contributed by atoms with Crippen molar-refractivity contribution >= 4 is 32.5 Å². The maximum atomic E-state index is 13.4. The fourth-order valence-electron chi connectivity index (χ4n) is 4.04. The van der Waals surface area contributed by atoms with Gasteiger partial charge in [-0.25, -0.2) is 8.42 Å². The van der Waals surface area contributed by atoms with Crippen LogP contribution in [0.2, 0.25) is 0 Å². The van der Waals surface area contributed by atoms with Crippen molar-refractivity contribution in [2.75, 3.05) is 24.0 Å². The maximum absolute atomic E-state index is 13.4. The van der Waals surface area contributed by atoms with E-state index in [0.29, 0.717) is 24.4 Å². The molecule has 9 heteroatoms. The third-order valence-corrected chi connectivity index (χ3v) is 7.67. The Morgan fingerprint density at radius 3 is 2.76 bits per heavy atom. The number of carbonyl (C=O) groups excluding carboxylic acids is 1. The molecule has 174 valence electrons. The molecule has 0 radical (unpaired) electrons. The molecule has 0 spiro atoms. The Labute approximate surface area is 192 Å². The van der Waals surface area contributed by atoms with E-state index in [4.69, 9.17) is 4.74 Å². The number of nitrogens with one attached hydrogen (secondary N) is 2. The van der Waals surface area contributed by atoms with Crippen molar-refractivity contribution in [1.82, 2.24) is 10.3 Å². The molecule has 2 aromatic carbocycles. The van der Waals surface area contributed by atoms with Crippen LogP contribution < -0.4 is 15.1 Å². The van der Waals surface area contributed by atoms with E-state index in [1.807, 2.05) is 13.0 Å². The lowest BCUT2D eigenvalue weighted by Crippen LogP contribution is -2.34. The molecule has 33 heavy (non-hydrogen) atoms. The number of pyridine rings is 1. The summed E-state index contributed by atoms with van der Waals surface area (Å²) in [7, 11) is -3.92. The predicted octanol–water partition coefficient (Wildman–Crippen LogP) is 2.96. The summed E-state index contributed by atoms with van der Waals surface area (Å²) in [6.45, 7) is 4.87. The van der Waals surface area contributed by atoms with Gasteiger partial charge in [0.05, 0.1) is 16.7 Å².